The Morgan fingerprint density at radius 2 is 2.12 bits per heavy atom. The monoisotopic (exact) mass is 357 g/mol. The van der Waals surface area contributed by atoms with E-state index in [2.05, 4.69) is 10.3 Å². The van der Waals surface area contributed by atoms with Crippen LogP contribution in [0.2, 0.25) is 0 Å². The summed E-state index contributed by atoms with van der Waals surface area (Å²) in [5.74, 6) is 1.94. The minimum atomic E-state index is -0.236. The third-order valence-electron chi connectivity index (χ3n) is 3.88. The average molecular weight is 357 g/mol. The first-order chi connectivity index (χ1) is 12.0. The third kappa shape index (κ3) is 4.51. The van der Waals surface area contributed by atoms with Gasteiger partial charge in [-0.2, -0.15) is 0 Å². The van der Waals surface area contributed by atoms with E-state index < -0.39 is 0 Å². The van der Waals surface area contributed by atoms with Crippen LogP contribution < -0.4 is 10.1 Å². The Hall–Kier alpha value is -2.54. The van der Waals surface area contributed by atoms with Crippen molar-refractivity contribution in [1.29, 1.82) is 0 Å². The summed E-state index contributed by atoms with van der Waals surface area (Å²) in [5.41, 5.74) is 2.92. The van der Waals surface area contributed by atoms with Gasteiger partial charge >= 0.3 is 0 Å². The van der Waals surface area contributed by atoms with Crippen LogP contribution in [0.15, 0.2) is 36.5 Å². The lowest BCUT2D eigenvalue weighted by atomic mass is 10.1. The molecule has 2 aromatic rings. The standard InChI is InChI=1S/C18H19N3O3S/c1-12-3-5-15(7-13(12)2)24-17-6-4-14(8-19-17)20-16(22)9-21-11-25-10-18(21)23/h3-8H,9-11H2,1-2H3,(H,20,22). The number of aryl methyl sites for hydroxylation is 2. The number of amides is 2. The van der Waals surface area contributed by atoms with Crippen molar-refractivity contribution in [3.8, 4) is 11.6 Å². The molecule has 1 N–H and O–H groups in total. The maximum atomic E-state index is 12.0. The molecule has 1 aromatic carbocycles. The Kier molecular flexibility index (Phi) is 5.23. The molecule has 0 aliphatic carbocycles. The minimum Gasteiger partial charge on any atom is -0.439 e. The molecular formula is C18H19N3O3S. The molecule has 1 saturated heterocycles. The molecule has 25 heavy (non-hydrogen) atoms. The van der Waals surface area contributed by atoms with Crippen molar-refractivity contribution in [2.24, 2.45) is 0 Å². The number of anilines is 1. The molecule has 0 atom stereocenters. The molecule has 0 radical (unpaired) electrons. The first-order valence-electron chi connectivity index (χ1n) is 7.88. The van der Waals surface area contributed by atoms with Crippen molar-refractivity contribution in [1.82, 2.24) is 9.88 Å². The van der Waals surface area contributed by atoms with Crippen LogP contribution in [0.4, 0.5) is 5.69 Å². The summed E-state index contributed by atoms with van der Waals surface area (Å²) in [7, 11) is 0. The molecule has 0 spiro atoms. The highest BCUT2D eigenvalue weighted by atomic mass is 32.2. The van der Waals surface area contributed by atoms with Crippen LogP contribution in [-0.2, 0) is 9.59 Å². The van der Waals surface area contributed by atoms with Crippen molar-refractivity contribution >= 4 is 29.3 Å². The normalized spacial score (nSPS) is 13.8. The number of pyridine rings is 1. The number of benzene rings is 1. The molecule has 1 aromatic heterocycles. The van der Waals surface area contributed by atoms with Crippen LogP contribution >= 0.6 is 11.8 Å². The molecule has 2 heterocycles. The molecule has 3 rings (SSSR count). The van der Waals surface area contributed by atoms with Crippen LogP contribution in [0.25, 0.3) is 0 Å². The van der Waals surface area contributed by atoms with Gasteiger partial charge in [0.2, 0.25) is 17.7 Å². The Morgan fingerprint density at radius 3 is 2.76 bits per heavy atom. The van der Waals surface area contributed by atoms with Gasteiger partial charge < -0.3 is 15.0 Å². The van der Waals surface area contributed by atoms with E-state index in [1.165, 1.54) is 28.4 Å². The largest absolute Gasteiger partial charge is 0.439 e. The van der Waals surface area contributed by atoms with Crippen molar-refractivity contribution < 1.29 is 14.3 Å². The zero-order valence-corrected chi connectivity index (χ0v) is 14.9. The van der Waals surface area contributed by atoms with Crippen LogP contribution in [-0.4, -0.2) is 39.9 Å². The van der Waals surface area contributed by atoms with Gasteiger partial charge in [0.15, 0.2) is 0 Å². The lowest BCUT2D eigenvalue weighted by Gasteiger charge is -2.14. The molecule has 6 nitrogen and oxygen atoms in total. The number of carbonyl (C=O) groups excluding carboxylic acids is 2. The highest BCUT2D eigenvalue weighted by molar-refractivity contribution is 8.00. The first-order valence-corrected chi connectivity index (χ1v) is 9.03. The number of thioether (sulfide) groups is 1. The Balaban J connectivity index is 1.57. The summed E-state index contributed by atoms with van der Waals surface area (Å²) in [4.78, 5) is 29.2. The SMILES string of the molecule is Cc1ccc(Oc2ccc(NC(=O)CN3CSCC3=O)cn2)cc1C. The third-order valence-corrected chi connectivity index (χ3v) is 4.83. The number of nitrogens with one attached hydrogen (secondary N) is 1. The van der Waals surface area contributed by atoms with Gasteiger partial charge in [0.1, 0.15) is 12.3 Å². The van der Waals surface area contributed by atoms with Gasteiger partial charge in [0.05, 0.1) is 23.5 Å². The van der Waals surface area contributed by atoms with Crippen molar-refractivity contribution in [3.05, 3.63) is 47.7 Å². The maximum absolute atomic E-state index is 12.0. The quantitative estimate of drug-likeness (QED) is 0.891. The van der Waals surface area contributed by atoms with Gasteiger partial charge in [0, 0.05) is 6.07 Å². The van der Waals surface area contributed by atoms with Crippen LogP contribution in [0, 0.1) is 13.8 Å². The Bertz CT molecular complexity index is 793. The van der Waals surface area contributed by atoms with Gasteiger partial charge in [0.25, 0.3) is 0 Å². The molecule has 130 valence electrons. The predicted molar refractivity (Wildman–Crippen MR) is 97.9 cm³/mol. The number of hydrogen-bond donors (Lipinski definition) is 1. The molecule has 0 saturated carbocycles. The van der Waals surface area contributed by atoms with E-state index >= 15 is 0 Å². The second-order valence-electron chi connectivity index (χ2n) is 5.85. The molecule has 0 bridgehead atoms. The summed E-state index contributed by atoms with van der Waals surface area (Å²) in [6.45, 7) is 4.13. The summed E-state index contributed by atoms with van der Waals surface area (Å²) < 4.78 is 5.72. The second-order valence-corrected chi connectivity index (χ2v) is 6.81. The molecule has 0 unspecified atom stereocenters. The molecule has 2 amide bonds. The maximum Gasteiger partial charge on any atom is 0.244 e. The lowest BCUT2D eigenvalue weighted by molar-refractivity contribution is -0.130. The number of carbonyl (C=O) groups is 2. The molecule has 1 aliphatic heterocycles. The smallest absolute Gasteiger partial charge is 0.244 e. The zero-order chi connectivity index (χ0) is 17.8. The fraction of sp³-hybridized carbons (Fsp3) is 0.278. The van der Waals surface area contributed by atoms with Crippen LogP contribution in [0.1, 0.15) is 11.1 Å². The van der Waals surface area contributed by atoms with E-state index in [4.69, 9.17) is 4.74 Å². The highest BCUT2D eigenvalue weighted by Gasteiger charge is 2.22. The van der Waals surface area contributed by atoms with Crippen LogP contribution in [0.5, 0.6) is 11.6 Å². The summed E-state index contributed by atoms with van der Waals surface area (Å²) in [6, 6.07) is 9.27. The van der Waals surface area contributed by atoms with E-state index in [-0.39, 0.29) is 18.4 Å². The second kappa shape index (κ2) is 7.57. The summed E-state index contributed by atoms with van der Waals surface area (Å²) in [6.07, 6.45) is 1.54. The first kappa shape index (κ1) is 17.3. The van der Waals surface area contributed by atoms with E-state index in [0.29, 0.717) is 23.2 Å². The number of nitrogens with zero attached hydrogens (tertiary/aromatic N) is 2. The molecule has 1 fully saturated rings. The highest BCUT2D eigenvalue weighted by Crippen LogP contribution is 2.23. The van der Waals surface area contributed by atoms with Crippen molar-refractivity contribution in [2.75, 3.05) is 23.5 Å². The lowest BCUT2D eigenvalue weighted by Crippen LogP contribution is -2.34. The van der Waals surface area contributed by atoms with Gasteiger partial charge in [-0.05, 0) is 43.2 Å². The topological polar surface area (TPSA) is 71.5 Å². The molecular weight excluding hydrogens is 338 g/mol. The number of aromatic nitrogens is 1. The Morgan fingerprint density at radius 1 is 1.28 bits per heavy atom. The van der Waals surface area contributed by atoms with E-state index in [1.54, 1.807) is 12.1 Å². The Labute approximate surface area is 150 Å². The van der Waals surface area contributed by atoms with E-state index in [1.807, 2.05) is 32.0 Å². The van der Waals surface area contributed by atoms with Crippen molar-refractivity contribution in [3.63, 3.8) is 0 Å². The zero-order valence-electron chi connectivity index (χ0n) is 14.1. The molecule has 1 aliphatic rings. The number of rotatable bonds is 5. The van der Waals surface area contributed by atoms with E-state index in [9.17, 15) is 9.59 Å². The summed E-state index contributed by atoms with van der Waals surface area (Å²) >= 11 is 1.51. The molecule has 7 heteroatoms. The van der Waals surface area contributed by atoms with Crippen molar-refractivity contribution in [2.45, 2.75) is 13.8 Å². The van der Waals surface area contributed by atoms with Gasteiger partial charge in [-0.3, -0.25) is 9.59 Å². The average Bonchev–Trinajstić information content (AvgIpc) is 2.98. The van der Waals surface area contributed by atoms with Crippen LogP contribution in [0.3, 0.4) is 0 Å². The predicted octanol–water partition coefficient (Wildman–Crippen LogP) is 2.96. The number of hydrogen-bond acceptors (Lipinski definition) is 5. The van der Waals surface area contributed by atoms with E-state index in [0.717, 1.165) is 11.3 Å². The number of ether oxygens (including phenoxy) is 1. The van der Waals surface area contributed by atoms with Gasteiger partial charge in [-0.25, -0.2) is 4.98 Å². The fourth-order valence-electron chi connectivity index (χ4n) is 2.33. The summed E-state index contributed by atoms with van der Waals surface area (Å²) in [5, 5.41) is 2.74. The minimum absolute atomic E-state index is 0.00425. The fourth-order valence-corrected chi connectivity index (χ4v) is 3.23. The van der Waals surface area contributed by atoms with Gasteiger partial charge in [-0.1, -0.05) is 6.07 Å². The van der Waals surface area contributed by atoms with Gasteiger partial charge in [-0.15, -0.1) is 11.8 Å².